The summed E-state index contributed by atoms with van der Waals surface area (Å²) in [6.45, 7) is 13.8. The number of nitrogens with one attached hydrogen (secondary N) is 1. The van der Waals surface area contributed by atoms with E-state index in [2.05, 4.69) is 20.6 Å². The van der Waals surface area contributed by atoms with Crippen molar-refractivity contribution in [3.05, 3.63) is 29.2 Å². The Morgan fingerprint density at radius 2 is 1.96 bits per heavy atom. The van der Waals surface area contributed by atoms with Gasteiger partial charge in [-0.2, -0.15) is 10.1 Å². The van der Waals surface area contributed by atoms with Crippen molar-refractivity contribution in [1.82, 2.24) is 25.2 Å². The summed E-state index contributed by atoms with van der Waals surface area (Å²) in [5.74, 6) is 0.793. The first-order valence-corrected chi connectivity index (χ1v) is 8.27. The number of nitrogens with zero attached hydrogens (tertiary/aromatic N) is 4. The van der Waals surface area contributed by atoms with Gasteiger partial charge in [-0.15, -0.1) is 0 Å². The number of aromatic nitrogens is 4. The highest BCUT2D eigenvalue weighted by atomic mass is 16.5. The molecule has 0 aliphatic heterocycles. The van der Waals surface area contributed by atoms with Crippen molar-refractivity contribution >= 4 is 5.91 Å². The molecule has 1 amide bonds. The second-order valence-corrected chi connectivity index (χ2v) is 7.59. The van der Waals surface area contributed by atoms with Crippen LogP contribution in [0, 0.1) is 6.92 Å². The van der Waals surface area contributed by atoms with Gasteiger partial charge in [0.25, 0.3) is 5.91 Å². The molecule has 0 aromatic carbocycles. The van der Waals surface area contributed by atoms with Gasteiger partial charge in [0.1, 0.15) is 5.69 Å². The molecule has 24 heavy (non-hydrogen) atoms. The highest BCUT2D eigenvalue weighted by Crippen LogP contribution is 2.20. The lowest BCUT2D eigenvalue weighted by atomic mass is 10.0. The van der Waals surface area contributed by atoms with Crippen LogP contribution in [-0.4, -0.2) is 25.8 Å². The lowest BCUT2D eigenvalue weighted by Crippen LogP contribution is -2.42. The number of rotatable bonds is 5. The van der Waals surface area contributed by atoms with Gasteiger partial charge in [0.2, 0.25) is 5.89 Å². The van der Waals surface area contributed by atoms with Crippen molar-refractivity contribution in [2.45, 2.75) is 72.4 Å². The number of carbonyl (C=O) groups excluding carboxylic acids is 1. The van der Waals surface area contributed by atoms with Crippen LogP contribution in [0.15, 0.2) is 10.6 Å². The third-order valence-electron chi connectivity index (χ3n) is 3.67. The summed E-state index contributed by atoms with van der Waals surface area (Å²) in [6.07, 6.45) is 1.66. The largest absolute Gasteiger partial charge is 0.339 e. The number of hydrogen-bond acceptors (Lipinski definition) is 5. The number of amides is 1. The molecule has 7 heteroatoms. The minimum absolute atomic E-state index is 0.180. The van der Waals surface area contributed by atoms with Gasteiger partial charge >= 0.3 is 0 Å². The van der Waals surface area contributed by atoms with Gasteiger partial charge < -0.3 is 9.84 Å². The third-order valence-corrected chi connectivity index (χ3v) is 3.67. The Labute approximate surface area is 142 Å². The fourth-order valence-corrected chi connectivity index (χ4v) is 2.49. The zero-order valence-corrected chi connectivity index (χ0v) is 15.6. The Morgan fingerprint density at radius 1 is 1.29 bits per heavy atom. The van der Waals surface area contributed by atoms with Crippen molar-refractivity contribution in [3.63, 3.8) is 0 Å². The van der Waals surface area contributed by atoms with Gasteiger partial charge in [0, 0.05) is 12.1 Å². The summed E-state index contributed by atoms with van der Waals surface area (Å²) in [5, 5.41) is 11.4. The van der Waals surface area contributed by atoms with E-state index in [9.17, 15) is 4.79 Å². The molecule has 2 aromatic rings. The molecule has 0 unspecified atom stereocenters. The van der Waals surface area contributed by atoms with Gasteiger partial charge in [-0.25, -0.2) is 0 Å². The lowest BCUT2D eigenvalue weighted by molar-refractivity contribution is 0.0900. The normalized spacial score (nSPS) is 12.5. The molecule has 0 atom stereocenters. The van der Waals surface area contributed by atoms with Crippen LogP contribution in [0.2, 0.25) is 0 Å². The minimum Gasteiger partial charge on any atom is -0.339 e. The molecule has 2 rings (SSSR count). The summed E-state index contributed by atoms with van der Waals surface area (Å²) in [5.41, 5.74) is 0.398. The van der Waals surface area contributed by atoms with Crippen molar-refractivity contribution in [3.8, 4) is 0 Å². The SMILES string of the molecule is CCCc1nc(C(C)(C)NC(=O)c2cc(C)n(C(C)(C)C)n2)no1. The molecule has 2 aromatic heterocycles. The van der Waals surface area contributed by atoms with Gasteiger partial charge in [0.05, 0.1) is 11.1 Å². The van der Waals surface area contributed by atoms with Gasteiger partial charge in [-0.05, 0) is 54.0 Å². The number of carbonyl (C=O) groups is 1. The molecule has 132 valence electrons. The van der Waals surface area contributed by atoms with Gasteiger partial charge in [-0.3, -0.25) is 9.48 Å². The summed E-state index contributed by atoms with van der Waals surface area (Å²) in [4.78, 5) is 16.9. The van der Waals surface area contributed by atoms with Crippen LogP contribution >= 0.6 is 0 Å². The smallest absolute Gasteiger partial charge is 0.272 e. The van der Waals surface area contributed by atoms with Crippen LogP contribution in [0.3, 0.4) is 0 Å². The Hall–Kier alpha value is -2.18. The predicted octanol–water partition coefficient (Wildman–Crippen LogP) is 2.95. The van der Waals surface area contributed by atoms with E-state index in [4.69, 9.17) is 4.52 Å². The summed E-state index contributed by atoms with van der Waals surface area (Å²) < 4.78 is 7.06. The molecule has 7 nitrogen and oxygen atoms in total. The van der Waals surface area contributed by atoms with E-state index in [-0.39, 0.29) is 11.4 Å². The topological polar surface area (TPSA) is 85.8 Å². The number of hydrogen-bond donors (Lipinski definition) is 1. The molecular formula is C17H27N5O2. The van der Waals surface area contributed by atoms with Crippen molar-refractivity contribution in [2.24, 2.45) is 0 Å². The Balaban J connectivity index is 2.18. The second kappa shape index (κ2) is 6.37. The molecule has 2 heterocycles. The highest BCUT2D eigenvalue weighted by Gasteiger charge is 2.30. The maximum absolute atomic E-state index is 12.6. The van der Waals surface area contributed by atoms with Crippen LogP contribution < -0.4 is 5.32 Å². The lowest BCUT2D eigenvalue weighted by Gasteiger charge is -2.22. The van der Waals surface area contributed by atoms with Crippen LogP contribution in [0.1, 0.15) is 75.9 Å². The zero-order valence-electron chi connectivity index (χ0n) is 15.6. The van der Waals surface area contributed by atoms with Crippen molar-refractivity contribution < 1.29 is 9.32 Å². The quantitative estimate of drug-likeness (QED) is 0.909. The third kappa shape index (κ3) is 3.83. The first-order valence-electron chi connectivity index (χ1n) is 8.27. The Kier molecular flexibility index (Phi) is 4.82. The van der Waals surface area contributed by atoms with E-state index >= 15 is 0 Å². The molecule has 0 fully saturated rings. The van der Waals surface area contributed by atoms with Gasteiger partial charge in [-0.1, -0.05) is 12.1 Å². The fraction of sp³-hybridized carbons (Fsp3) is 0.647. The van der Waals surface area contributed by atoms with Crippen LogP contribution in [0.4, 0.5) is 0 Å². The van der Waals surface area contributed by atoms with E-state index in [1.807, 2.05) is 53.1 Å². The Bertz CT molecular complexity index is 722. The minimum atomic E-state index is -0.744. The van der Waals surface area contributed by atoms with E-state index in [0.29, 0.717) is 17.4 Å². The van der Waals surface area contributed by atoms with Crippen LogP contribution in [0.5, 0.6) is 0 Å². The van der Waals surface area contributed by atoms with Crippen LogP contribution in [-0.2, 0) is 17.5 Å². The molecule has 0 saturated carbocycles. The van der Waals surface area contributed by atoms with E-state index < -0.39 is 5.54 Å². The monoisotopic (exact) mass is 333 g/mol. The molecule has 0 aliphatic carbocycles. The molecule has 0 spiro atoms. The average Bonchev–Trinajstić information content (AvgIpc) is 3.05. The molecule has 1 N–H and O–H groups in total. The first kappa shape index (κ1) is 18.2. The zero-order chi connectivity index (χ0) is 18.1. The highest BCUT2D eigenvalue weighted by molar-refractivity contribution is 5.92. The maximum atomic E-state index is 12.6. The average molecular weight is 333 g/mol. The summed E-state index contributed by atoms with van der Waals surface area (Å²) >= 11 is 0. The molecule has 0 bridgehead atoms. The fourth-order valence-electron chi connectivity index (χ4n) is 2.49. The summed E-state index contributed by atoms with van der Waals surface area (Å²) in [6, 6.07) is 1.79. The predicted molar refractivity (Wildman–Crippen MR) is 90.7 cm³/mol. The standard InChI is InChI=1S/C17H27N5O2/c1-8-9-13-18-15(21-24-13)17(6,7)19-14(23)12-10-11(2)22(20-12)16(3,4)5/h10H,8-9H2,1-7H3,(H,19,23). The van der Waals surface area contributed by atoms with Crippen molar-refractivity contribution in [1.29, 1.82) is 0 Å². The number of aryl methyl sites for hydroxylation is 2. The molecule has 0 aliphatic rings. The van der Waals surface area contributed by atoms with E-state index in [1.165, 1.54) is 0 Å². The molecular weight excluding hydrogens is 306 g/mol. The maximum Gasteiger partial charge on any atom is 0.272 e. The van der Waals surface area contributed by atoms with Crippen LogP contribution in [0.25, 0.3) is 0 Å². The Morgan fingerprint density at radius 3 is 2.50 bits per heavy atom. The molecule has 0 saturated heterocycles. The van der Waals surface area contributed by atoms with E-state index in [1.54, 1.807) is 6.07 Å². The van der Waals surface area contributed by atoms with Gasteiger partial charge in [0.15, 0.2) is 5.82 Å². The first-order chi connectivity index (χ1) is 11.0. The second-order valence-electron chi connectivity index (χ2n) is 7.59. The van der Waals surface area contributed by atoms with Crippen molar-refractivity contribution in [2.75, 3.05) is 0 Å². The molecule has 0 radical (unpaired) electrons. The summed E-state index contributed by atoms with van der Waals surface area (Å²) in [7, 11) is 0. The van der Waals surface area contributed by atoms with E-state index in [0.717, 1.165) is 18.5 Å².